The molecule has 0 spiro atoms. The molecule has 23 heavy (non-hydrogen) atoms. The third-order valence-corrected chi connectivity index (χ3v) is 3.17. The van der Waals surface area contributed by atoms with Gasteiger partial charge in [0.1, 0.15) is 0 Å². The monoisotopic (exact) mass is 330 g/mol. The number of ether oxygens (including phenoxy) is 2. The van der Waals surface area contributed by atoms with E-state index in [1.807, 2.05) is 0 Å². The van der Waals surface area contributed by atoms with Gasteiger partial charge in [0.15, 0.2) is 0 Å². The van der Waals surface area contributed by atoms with Gasteiger partial charge in [-0.15, -0.1) is 0 Å². The van der Waals surface area contributed by atoms with E-state index < -0.39 is 0 Å². The maximum atomic E-state index is 11.6. The Labute approximate surface area is 142 Å². The summed E-state index contributed by atoms with van der Waals surface area (Å²) in [7, 11) is 0. The second kappa shape index (κ2) is 11.8. The minimum Gasteiger partial charge on any atom is -0.379 e. The fraction of sp³-hybridized carbons (Fsp3) is 0.944. The maximum Gasteiger partial charge on any atom is 0.222 e. The van der Waals surface area contributed by atoms with Crippen molar-refractivity contribution in [2.45, 2.75) is 66.3 Å². The van der Waals surface area contributed by atoms with Crippen molar-refractivity contribution in [2.24, 2.45) is 5.41 Å². The van der Waals surface area contributed by atoms with Crippen LogP contribution in [-0.2, 0) is 14.3 Å². The van der Waals surface area contributed by atoms with Crippen molar-refractivity contribution < 1.29 is 14.3 Å². The van der Waals surface area contributed by atoms with Gasteiger partial charge in [0.25, 0.3) is 0 Å². The Bertz CT molecular complexity index is 306. The van der Waals surface area contributed by atoms with E-state index in [1.54, 1.807) is 0 Å². The molecule has 2 N–H and O–H groups in total. The molecule has 0 aliphatic carbocycles. The van der Waals surface area contributed by atoms with Gasteiger partial charge in [0.2, 0.25) is 5.91 Å². The molecule has 0 bridgehead atoms. The summed E-state index contributed by atoms with van der Waals surface area (Å²) in [5, 5.41) is 6.28. The van der Waals surface area contributed by atoms with E-state index in [1.165, 1.54) is 0 Å². The molecule has 5 heteroatoms. The highest BCUT2D eigenvalue weighted by atomic mass is 16.5. The molecule has 0 aromatic carbocycles. The van der Waals surface area contributed by atoms with Crippen molar-refractivity contribution in [3.63, 3.8) is 0 Å². The van der Waals surface area contributed by atoms with Crippen LogP contribution in [0, 0.1) is 5.41 Å². The van der Waals surface area contributed by atoms with E-state index >= 15 is 0 Å². The molecule has 1 amide bonds. The third kappa shape index (κ3) is 19.3. The van der Waals surface area contributed by atoms with Crippen LogP contribution in [0.1, 0.15) is 60.8 Å². The maximum absolute atomic E-state index is 11.6. The molecule has 0 heterocycles. The average Bonchev–Trinajstić information content (AvgIpc) is 2.39. The van der Waals surface area contributed by atoms with Crippen molar-refractivity contribution in [1.29, 1.82) is 0 Å². The standard InChI is InChI=1S/C18H38N2O3/c1-17(2,3)9-7-10-19-16(21)8-12-22-14-15-23-13-11-20-18(4,5)6/h20H,7-15H2,1-6H3,(H,19,21). The first-order chi connectivity index (χ1) is 10.6. The molecule has 0 rings (SSSR count). The Morgan fingerprint density at radius 1 is 0.870 bits per heavy atom. The molecular weight excluding hydrogens is 292 g/mol. The van der Waals surface area contributed by atoms with Crippen LogP contribution in [0.3, 0.4) is 0 Å². The number of nitrogens with one attached hydrogen (secondary N) is 2. The highest BCUT2D eigenvalue weighted by molar-refractivity contribution is 5.75. The first-order valence-electron chi connectivity index (χ1n) is 8.77. The Balaban J connectivity index is 3.30. The largest absolute Gasteiger partial charge is 0.379 e. The molecule has 0 aromatic rings. The first kappa shape index (κ1) is 22.4. The van der Waals surface area contributed by atoms with Gasteiger partial charge in [-0.2, -0.15) is 0 Å². The summed E-state index contributed by atoms with van der Waals surface area (Å²) in [4.78, 5) is 11.6. The molecule has 0 unspecified atom stereocenters. The molecule has 0 aliphatic heterocycles. The summed E-state index contributed by atoms with van der Waals surface area (Å²) in [5.74, 6) is 0.0641. The molecule has 0 aliphatic rings. The van der Waals surface area contributed by atoms with Gasteiger partial charge in [0.05, 0.1) is 26.4 Å². The molecule has 0 aromatic heterocycles. The predicted molar refractivity (Wildman–Crippen MR) is 95.7 cm³/mol. The number of amides is 1. The highest BCUT2D eigenvalue weighted by Crippen LogP contribution is 2.19. The topological polar surface area (TPSA) is 59.6 Å². The number of carbonyl (C=O) groups excluding carboxylic acids is 1. The molecule has 0 saturated heterocycles. The van der Waals surface area contributed by atoms with E-state index in [4.69, 9.17) is 9.47 Å². The Morgan fingerprint density at radius 3 is 2.04 bits per heavy atom. The van der Waals surface area contributed by atoms with Crippen LogP contribution in [0.2, 0.25) is 0 Å². The number of carbonyl (C=O) groups is 1. The number of rotatable bonds is 12. The zero-order chi connectivity index (χ0) is 17.8. The van der Waals surface area contributed by atoms with Crippen molar-refractivity contribution in [2.75, 3.05) is 39.5 Å². The van der Waals surface area contributed by atoms with Gasteiger partial charge in [-0.1, -0.05) is 20.8 Å². The molecule has 5 nitrogen and oxygen atoms in total. The summed E-state index contributed by atoms with van der Waals surface area (Å²) < 4.78 is 10.9. The van der Waals surface area contributed by atoms with Crippen LogP contribution in [-0.4, -0.2) is 51.0 Å². The van der Waals surface area contributed by atoms with Crippen molar-refractivity contribution in [1.82, 2.24) is 10.6 Å². The van der Waals surface area contributed by atoms with E-state index in [9.17, 15) is 4.79 Å². The van der Waals surface area contributed by atoms with Crippen molar-refractivity contribution in [3.8, 4) is 0 Å². The van der Waals surface area contributed by atoms with Gasteiger partial charge in [0, 0.05) is 25.0 Å². The second-order valence-corrected chi connectivity index (χ2v) is 8.17. The smallest absolute Gasteiger partial charge is 0.222 e. The van der Waals surface area contributed by atoms with Crippen LogP contribution in [0.15, 0.2) is 0 Å². The van der Waals surface area contributed by atoms with Crippen LogP contribution >= 0.6 is 0 Å². The summed E-state index contributed by atoms with van der Waals surface area (Å²) in [5.41, 5.74) is 0.455. The van der Waals surface area contributed by atoms with Crippen LogP contribution in [0.4, 0.5) is 0 Å². The van der Waals surface area contributed by atoms with E-state index in [2.05, 4.69) is 52.2 Å². The summed E-state index contributed by atoms with van der Waals surface area (Å²) >= 11 is 0. The molecule has 0 atom stereocenters. The van der Waals surface area contributed by atoms with Gasteiger partial charge < -0.3 is 20.1 Å². The predicted octanol–water partition coefficient (Wildman–Crippen LogP) is 2.74. The van der Waals surface area contributed by atoms with Gasteiger partial charge in [-0.05, 0) is 39.0 Å². The summed E-state index contributed by atoms with van der Waals surface area (Å²) in [6, 6.07) is 0. The third-order valence-electron chi connectivity index (χ3n) is 3.17. The minimum absolute atomic E-state index is 0.0641. The van der Waals surface area contributed by atoms with E-state index in [-0.39, 0.29) is 11.4 Å². The number of hydrogen-bond donors (Lipinski definition) is 2. The van der Waals surface area contributed by atoms with Gasteiger partial charge in [-0.25, -0.2) is 0 Å². The van der Waals surface area contributed by atoms with Gasteiger partial charge >= 0.3 is 0 Å². The Hall–Kier alpha value is -0.650. The van der Waals surface area contributed by atoms with Crippen LogP contribution in [0.5, 0.6) is 0 Å². The molecule has 0 radical (unpaired) electrons. The lowest BCUT2D eigenvalue weighted by Crippen LogP contribution is -2.38. The summed E-state index contributed by atoms with van der Waals surface area (Å²) in [6.45, 7) is 16.8. The van der Waals surface area contributed by atoms with Crippen molar-refractivity contribution in [3.05, 3.63) is 0 Å². The zero-order valence-corrected chi connectivity index (χ0v) is 16.1. The lowest BCUT2D eigenvalue weighted by Gasteiger charge is -2.20. The van der Waals surface area contributed by atoms with Crippen LogP contribution < -0.4 is 10.6 Å². The lowest BCUT2D eigenvalue weighted by atomic mass is 9.91. The molecule has 0 saturated carbocycles. The normalized spacial score (nSPS) is 12.4. The molecular formula is C18H38N2O3. The van der Waals surface area contributed by atoms with Gasteiger partial charge in [-0.3, -0.25) is 4.79 Å². The lowest BCUT2D eigenvalue weighted by molar-refractivity contribution is -0.122. The highest BCUT2D eigenvalue weighted by Gasteiger charge is 2.09. The molecule has 0 fully saturated rings. The van der Waals surface area contributed by atoms with E-state index in [0.717, 1.165) is 25.9 Å². The first-order valence-corrected chi connectivity index (χ1v) is 8.77. The molecule has 138 valence electrons. The Kier molecular flexibility index (Phi) is 11.5. The van der Waals surface area contributed by atoms with E-state index in [0.29, 0.717) is 38.3 Å². The minimum atomic E-state index is 0.0641. The summed E-state index contributed by atoms with van der Waals surface area (Å²) in [6.07, 6.45) is 2.55. The van der Waals surface area contributed by atoms with Crippen molar-refractivity contribution >= 4 is 5.91 Å². The van der Waals surface area contributed by atoms with Crippen LogP contribution in [0.25, 0.3) is 0 Å². The Morgan fingerprint density at radius 2 is 1.48 bits per heavy atom. The average molecular weight is 331 g/mol. The second-order valence-electron chi connectivity index (χ2n) is 8.17. The fourth-order valence-electron chi connectivity index (χ4n) is 1.92. The fourth-order valence-corrected chi connectivity index (χ4v) is 1.92. The number of hydrogen-bond acceptors (Lipinski definition) is 4. The SMILES string of the molecule is CC(C)(C)CCCNC(=O)CCOCCOCCNC(C)(C)C. The quantitative estimate of drug-likeness (QED) is 0.540. The zero-order valence-electron chi connectivity index (χ0n) is 16.1.